The standard InChI is InChI=1S/C32H25N3OS2.ClH/c36-30(24-14-8-12-22-11-4-5-13-23(22)24)34-32-29(31-33-26-15-6-7-16-27(26)37-31)25-17-18-35(20-28(25)38-32)19-21-9-2-1-3-10-21;/h1-16H,17-20H2,(H,34,36);1H. The van der Waals surface area contributed by atoms with Crippen LogP contribution in [0.15, 0.2) is 97.1 Å². The molecule has 4 nitrogen and oxygen atoms in total. The Labute approximate surface area is 241 Å². The van der Waals surface area contributed by atoms with Crippen LogP contribution in [0.1, 0.15) is 26.4 Å². The molecular weight excluding hydrogens is 542 g/mol. The van der Waals surface area contributed by atoms with E-state index >= 15 is 0 Å². The molecule has 0 bridgehead atoms. The maximum absolute atomic E-state index is 13.7. The molecule has 0 atom stereocenters. The Bertz CT molecular complexity index is 1760. The average molecular weight is 568 g/mol. The van der Waals surface area contributed by atoms with Crippen molar-refractivity contribution in [3.05, 3.63) is 119 Å². The van der Waals surface area contributed by atoms with E-state index in [0.29, 0.717) is 5.56 Å². The fraction of sp³-hybridized carbons (Fsp3) is 0.125. The third-order valence-corrected chi connectivity index (χ3v) is 9.34. The highest BCUT2D eigenvalue weighted by molar-refractivity contribution is 7.23. The largest absolute Gasteiger partial charge is 0.313 e. The summed E-state index contributed by atoms with van der Waals surface area (Å²) in [7, 11) is 0. The Kier molecular flexibility index (Phi) is 7.19. The number of carbonyl (C=O) groups is 1. The Morgan fingerprint density at radius 2 is 1.64 bits per heavy atom. The highest BCUT2D eigenvalue weighted by Gasteiger charge is 2.28. The highest BCUT2D eigenvalue weighted by Crippen LogP contribution is 2.46. The molecule has 0 saturated carbocycles. The van der Waals surface area contributed by atoms with Crippen LogP contribution in [0.2, 0.25) is 0 Å². The van der Waals surface area contributed by atoms with E-state index in [0.717, 1.165) is 62.6 Å². The topological polar surface area (TPSA) is 45.2 Å². The highest BCUT2D eigenvalue weighted by atomic mass is 35.5. The van der Waals surface area contributed by atoms with Crippen LogP contribution < -0.4 is 5.32 Å². The Balaban J connectivity index is 0.00000277. The Morgan fingerprint density at radius 1 is 0.872 bits per heavy atom. The Morgan fingerprint density at radius 3 is 2.51 bits per heavy atom. The number of halogens is 1. The van der Waals surface area contributed by atoms with Crippen molar-refractivity contribution in [1.29, 1.82) is 0 Å². The minimum absolute atomic E-state index is 0. The van der Waals surface area contributed by atoms with E-state index < -0.39 is 0 Å². The predicted molar refractivity (Wildman–Crippen MR) is 166 cm³/mol. The second-order valence-corrected chi connectivity index (χ2v) is 11.8. The van der Waals surface area contributed by atoms with Crippen molar-refractivity contribution >= 4 is 67.0 Å². The van der Waals surface area contributed by atoms with Gasteiger partial charge >= 0.3 is 0 Å². The van der Waals surface area contributed by atoms with Gasteiger partial charge in [-0.05, 0) is 46.5 Å². The number of hydrogen-bond donors (Lipinski definition) is 1. The zero-order valence-corrected chi connectivity index (χ0v) is 23.5. The van der Waals surface area contributed by atoms with Crippen LogP contribution in [0.4, 0.5) is 5.00 Å². The van der Waals surface area contributed by atoms with Gasteiger partial charge in [0.15, 0.2) is 0 Å². The summed E-state index contributed by atoms with van der Waals surface area (Å²) >= 11 is 3.40. The van der Waals surface area contributed by atoms with Gasteiger partial charge in [-0.1, -0.05) is 78.9 Å². The number of aromatic nitrogens is 1. The first kappa shape index (κ1) is 25.7. The SMILES string of the molecule is Cl.O=C(Nc1sc2c(c1-c1nc3ccccc3s1)CCN(Cc1ccccc1)C2)c1cccc2ccccc12. The molecule has 0 aliphatic carbocycles. The number of para-hydroxylation sites is 1. The van der Waals surface area contributed by atoms with Gasteiger partial charge in [0.05, 0.1) is 10.2 Å². The monoisotopic (exact) mass is 567 g/mol. The van der Waals surface area contributed by atoms with Crippen molar-refractivity contribution < 1.29 is 4.79 Å². The van der Waals surface area contributed by atoms with E-state index in [1.165, 1.54) is 16.0 Å². The van der Waals surface area contributed by atoms with E-state index in [1.807, 2.05) is 48.5 Å². The lowest BCUT2D eigenvalue weighted by atomic mass is 10.0. The normalized spacial score (nSPS) is 13.2. The van der Waals surface area contributed by atoms with E-state index in [2.05, 4.69) is 58.7 Å². The van der Waals surface area contributed by atoms with Crippen LogP contribution in [0, 0.1) is 0 Å². The number of carbonyl (C=O) groups excluding carboxylic acids is 1. The van der Waals surface area contributed by atoms with E-state index in [4.69, 9.17) is 4.98 Å². The van der Waals surface area contributed by atoms with Crippen molar-refractivity contribution in [3.63, 3.8) is 0 Å². The summed E-state index contributed by atoms with van der Waals surface area (Å²) in [5.74, 6) is -0.0797. The number of thiazole rings is 1. The van der Waals surface area contributed by atoms with E-state index in [1.54, 1.807) is 22.7 Å². The van der Waals surface area contributed by atoms with Crippen LogP contribution in [0.25, 0.3) is 31.6 Å². The zero-order valence-electron chi connectivity index (χ0n) is 21.1. The molecule has 0 fully saturated rings. The predicted octanol–water partition coefficient (Wildman–Crippen LogP) is 8.41. The Hall–Kier alpha value is -3.55. The first-order valence-electron chi connectivity index (χ1n) is 12.8. The molecule has 1 N–H and O–H groups in total. The molecule has 1 amide bonds. The third kappa shape index (κ3) is 4.97. The van der Waals surface area contributed by atoms with Crippen LogP contribution in [0.3, 0.4) is 0 Å². The van der Waals surface area contributed by atoms with E-state index in [9.17, 15) is 4.79 Å². The third-order valence-electron chi connectivity index (χ3n) is 7.15. The number of hydrogen-bond acceptors (Lipinski definition) is 5. The molecule has 2 aromatic heterocycles. The minimum atomic E-state index is -0.0797. The molecule has 0 saturated heterocycles. The summed E-state index contributed by atoms with van der Waals surface area (Å²) in [6, 6.07) is 32.8. The molecule has 7 rings (SSSR count). The molecule has 0 unspecified atom stereocenters. The smallest absolute Gasteiger partial charge is 0.256 e. The maximum Gasteiger partial charge on any atom is 0.256 e. The number of nitrogens with one attached hydrogen (secondary N) is 1. The van der Waals surface area contributed by atoms with Gasteiger partial charge in [0.2, 0.25) is 0 Å². The quantitative estimate of drug-likeness (QED) is 0.227. The van der Waals surface area contributed by atoms with Crippen LogP contribution in [-0.4, -0.2) is 22.3 Å². The van der Waals surface area contributed by atoms with Crippen molar-refractivity contribution in [2.45, 2.75) is 19.5 Å². The average Bonchev–Trinajstić information content (AvgIpc) is 3.53. The number of nitrogens with zero attached hydrogens (tertiary/aromatic N) is 2. The number of thiophene rings is 1. The second-order valence-electron chi connectivity index (χ2n) is 9.62. The lowest BCUT2D eigenvalue weighted by Gasteiger charge is -2.27. The lowest BCUT2D eigenvalue weighted by molar-refractivity contribution is 0.102. The summed E-state index contributed by atoms with van der Waals surface area (Å²) in [6.45, 7) is 2.77. The van der Waals surface area contributed by atoms with Crippen molar-refractivity contribution in [2.75, 3.05) is 11.9 Å². The first-order chi connectivity index (χ1) is 18.7. The molecule has 194 valence electrons. The second kappa shape index (κ2) is 10.9. The number of anilines is 1. The number of rotatable bonds is 5. The number of fused-ring (bicyclic) bond motifs is 3. The van der Waals surface area contributed by atoms with Gasteiger partial charge in [-0.15, -0.1) is 35.1 Å². The molecule has 3 heterocycles. The van der Waals surface area contributed by atoms with Crippen LogP contribution >= 0.6 is 35.1 Å². The van der Waals surface area contributed by atoms with E-state index in [-0.39, 0.29) is 18.3 Å². The van der Waals surface area contributed by atoms with Gasteiger partial charge in [-0.2, -0.15) is 0 Å². The van der Waals surface area contributed by atoms with Gasteiger partial charge < -0.3 is 5.32 Å². The van der Waals surface area contributed by atoms with Gasteiger partial charge in [-0.25, -0.2) is 4.98 Å². The zero-order chi connectivity index (χ0) is 25.5. The summed E-state index contributed by atoms with van der Waals surface area (Å²) in [6.07, 6.45) is 0.939. The van der Waals surface area contributed by atoms with Gasteiger partial charge in [-0.3, -0.25) is 9.69 Å². The summed E-state index contributed by atoms with van der Waals surface area (Å²) in [4.78, 5) is 22.5. The molecule has 0 radical (unpaired) electrons. The van der Waals surface area contributed by atoms with Crippen LogP contribution in [0.5, 0.6) is 0 Å². The molecule has 6 aromatic rings. The summed E-state index contributed by atoms with van der Waals surface area (Å²) < 4.78 is 1.16. The van der Waals surface area contributed by atoms with Crippen molar-refractivity contribution in [1.82, 2.24) is 9.88 Å². The summed E-state index contributed by atoms with van der Waals surface area (Å²) in [5, 5.41) is 7.21. The molecule has 0 spiro atoms. The molecule has 39 heavy (non-hydrogen) atoms. The molecule has 1 aliphatic heterocycles. The first-order valence-corrected chi connectivity index (χ1v) is 14.4. The molecule has 1 aliphatic rings. The van der Waals surface area contributed by atoms with Gasteiger partial charge in [0.25, 0.3) is 5.91 Å². The number of benzene rings is 4. The van der Waals surface area contributed by atoms with Gasteiger partial charge in [0.1, 0.15) is 10.0 Å². The minimum Gasteiger partial charge on any atom is -0.313 e. The van der Waals surface area contributed by atoms with Gasteiger partial charge in [0, 0.05) is 35.6 Å². The summed E-state index contributed by atoms with van der Waals surface area (Å²) in [5.41, 5.74) is 5.44. The number of amides is 1. The fourth-order valence-electron chi connectivity index (χ4n) is 5.32. The maximum atomic E-state index is 13.7. The van der Waals surface area contributed by atoms with Crippen molar-refractivity contribution in [3.8, 4) is 10.6 Å². The lowest BCUT2D eigenvalue weighted by Crippen LogP contribution is -2.29. The molecular formula is C32H26ClN3OS2. The van der Waals surface area contributed by atoms with Crippen molar-refractivity contribution in [2.24, 2.45) is 0 Å². The fourth-order valence-corrected chi connectivity index (χ4v) is 7.72. The van der Waals surface area contributed by atoms with Crippen LogP contribution in [-0.2, 0) is 19.5 Å². The molecule has 4 aromatic carbocycles. The molecule has 7 heteroatoms.